The molecule has 1 amide bonds. The number of aromatic nitrogens is 3. The monoisotopic (exact) mass is 328 g/mol. The Morgan fingerprint density at radius 1 is 1.38 bits per heavy atom. The van der Waals surface area contributed by atoms with Crippen LogP contribution in [0.4, 0.5) is 5.82 Å². The predicted octanol–water partition coefficient (Wildman–Crippen LogP) is 1.48. The minimum absolute atomic E-state index is 0.0646. The van der Waals surface area contributed by atoms with Gasteiger partial charge >= 0.3 is 0 Å². The number of amides is 1. The van der Waals surface area contributed by atoms with Crippen LogP contribution < -0.4 is 11.1 Å². The topological polar surface area (TPSA) is 89.1 Å². The lowest BCUT2D eigenvalue weighted by atomic mass is 9.99. The average Bonchev–Trinajstić information content (AvgIpc) is 2.96. The summed E-state index contributed by atoms with van der Waals surface area (Å²) in [5, 5.41) is 2.69. The highest BCUT2D eigenvalue weighted by atomic mass is 16.1. The number of carbonyl (C=O) groups is 1. The number of nitrogens with two attached hydrogens (primary N) is 1. The molecule has 2 aromatic rings. The van der Waals surface area contributed by atoms with Crippen LogP contribution in [-0.2, 0) is 13.6 Å². The maximum Gasteiger partial charge on any atom is 0.267 e. The Morgan fingerprint density at radius 2 is 2.21 bits per heavy atom. The summed E-state index contributed by atoms with van der Waals surface area (Å²) in [6.07, 6.45) is 5.10. The van der Waals surface area contributed by atoms with Crippen LogP contribution in [0.2, 0.25) is 0 Å². The molecule has 1 aliphatic rings. The van der Waals surface area contributed by atoms with E-state index in [2.05, 4.69) is 20.2 Å². The normalized spacial score (nSPS) is 18.5. The zero-order chi connectivity index (χ0) is 17.1. The lowest BCUT2D eigenvalue weighted by molar-refractivity contribution is 0.0952. The molecule has 3 N–H and O–H groups in total. The molecule has 3 rings (SSSR count). The van der Waals surface area contributed by atoms with Gasteiger partial charge in [0.25, 0.3) is 5.91 Å². The lowest BCUT2D eigenvalue weighted by Crippen LogP contribution is -2.35. The van der Waals surface area contributed by atoms with Crippen LogP contribution >= 0.6 is 0 Å². The Morgan fingerprint density at radius 3 is 2.96 bits per heavy atom. The van der Waals surface area contributed by atoms with Crippen LogP contribution in [0.5, 0.6) is 0 Å². The largest absolute Gasteiger partial charge is 0.384 e. The number of rotatable bonds is 4. The van der Waals surface area contributed by atoms with Crippen molar-refractivity contribution in [2.45, 2.75) is 31.8 Å². The maximum atomic E-state index is 12.0. The van der Waals surface area contributed by atoms with Crippen molar-refractivity contribution in [2.24, 2.45) is 7.05 Å². The van der Waals surface area contributed by atoms with Gasteiger partial charge in [0, 0.05) is 26.0 Å². The van der Waals surface area contributed by atoms with Crippen LogP contribution in [-0.4, -0.2) is 38.9 Å². The van der Waals surface area contributed by atoms with Gasteiger partial charge in [-0.2, -0.15) is 0 Å². The molecule has 0 aromatic carbocycles. The molecule has 0 saturated carbocycles. The van der Waals surface area contributed by atoms with Crippen molar-refractivity contribution in [2.75, 3.05) is 19.3 Å². The third-order valence-corrected chi connectivity index (χ3v) is 4.65. The van der Waals surface area contributed by atoms with E-state index in [0.29, 0.717) is 18.1 Å². The van der Waals surface area contributed by atoms with Crippen molar-refractivity contribution in [3.63, 3.8) is 0 Å². The Bertz CT molecular complexity index is 726. The van der Waals surface area contributed by atoms with Crippen molar-refractivity contribution < 1.29 is 4.79 Å². The van der Waals surface area contributed by atoms with E-state index >= 15 is 0 Å². The van der Waals surface area contributed by atoms with Crippen molar-refractivity contribution >= 4 is 11.7 Å². The van der Waals surface area contributed by atoms with Crippen molar-refractivity contribution in [1.82, 2.24) is 24.8 Å². The van der Waals surface area contributed by atoms with Crippen LogP contribution in [0.25, 0.3) is 0 Å². The fourth-order valence-corrected chi connectivity index (χ4v) is 3.41. The first kappa shape index (κ1) is 16.4. The van der Waals surface area contributed by atoms with Gasteiger partial charge in [-0.05, 0) is 37.6 Å². The smallest absolute Gasteiger partial charge is 0.267 e. The summed E-state index contributed by atoms with van der Waals surface area (Å²) in [5.41, 5.74) is 7.60. The zero-order valence-corrected chi connectivity index (χ0v) is 14.2. The number of hydrogen-bond donors (Lipinski definition) is 2. The number of hydrogen-bond acceptors (Lipinski definition) is 5. The van der Waals surface area contributed by atoms with E-state index in [0.717, 1.165) is 30.9 Å². The van der Waals surface area contributed by atoms with Crippen LogP contribution in [0.15, 0.2) is 24.4 Å². The van der Waals surface area contributed by atoms with Crippen molar-refractivity contribution in [1.29, 1.82) is 0 Å². The SMILES string of the molecule is CNC(=O)c1ccc([C@@H]2CCCCN2Cc2nccc(N)n2)n1C. The van der Waals surface area contributed by atoms with E-state index in [1.165, 1.54) is 6.42 Å². The molecule has 1 aliphatic heterocycles. The standard InChI is InChI=1S/C17H24N6O/c1-19-17(24)14-7-6-12(22(14)2)13-5-3-4-10-23(13)11-16-20-9-8-15(18)21-16/h6-9,13H,3-5,10-11H2,1-2H3,(H,19,24)(H2,18,20,21)/t13-/m0/s1. The van der Waals surface area contributed by atoms with Gasteiger partial charge in [0.15, 0.2) is 0 Å². The molecule has 128 valence electrons. The molecule has 24 heavy (non-hydrogen) atoms. The molecule has 7 heteroatoms. The Balaban J connectivity index is 1.85. The summed E-state index contributed by atoms with van der Waals surface area (Å²) >= 11 is 0. The van der Waals surface area contributed by atoms with Crippen LogP contribution in [0, 0.1) is 0 Å². The van der Waals surface area contributed by atoms with Gasteiger partial charge in [0.2, 0.25) is 0 Å². The van der Waals surface area contributed by atoms with Gasteiger partial charge in [0.05, 0.1) is 12.6 Å². The summed E-state index contributed by atoms with van der Waals surface area (Å²) in [4.78, 5) is 23.0. The lowest BCUT2D eigenvalue weighted by Gasteiger charge is -2.35. The van der Waals surface area contributed by atoms with Crippen LogP contribution in [0.1, 0.15) is 47.3 Å². The highest BCUT2D eigenvalue weighted by Gasteiger charge is 2.27. The van der Waals surface area contributed by atoms with Crippen LogP contribution in [0.3, 0.4) is 0 Å². The number of nitrogen functional groups attached to an aromatic ring is 1. The number of nitrogens with zero attached hydrogens (tertiary/aromatic N) is 4. The van der Waals surface area contributed by atoms with Gasteiger partial charge in [-0.15, -0.1) is 0 Å². The fraction of sp³-hybridized carbons (Fsp3) is 0.471. The number of anilines is 1. The van der Waals surface area contributed by atoms with Gasteiger partial charge < -0.3 is 15.6 Å². The molecule has 0 unspecified atom stereocenters. The average molecular weight is 328 g/mol. The van der Waals surface area contributed by atoms with Gasteiger partial charge in [-0.25, -0.2) is 9.97 Å². The van der Waals surface area contributed by atoms with Gasteiger partial charge in [-0.1, -0.05) is 6.42 Å². The minimum atomic E-state index is -0.0646. The van der Waals surface area contributed by atoms with Crippen molar-refractivity contribution in [3.05, 3.63) is 41.6 Å². The molecule has 1 saturated heterocycles. The second-order valence-corrected chi connectivity index (χ2v) is 6.16. The molecule has 0 radical (unpaired) electrons. The molecule has 1 atom stereocenters. The third-order valence-electron chi connectivity index (χ3n) is 4.65. The van der Waals surface area contributed by atoms with E-state index in [-0.39, 0.29) is 11.9 Å². The summed E-state index contributed by atoms with van der Waals surface area (Å²) < 4.78 is 1.99. The summed E-state index contributed by atoms with van der Waals surface area (Å²) in [7, 11) is 3.60. The molecule has 3 heterocycles. The quantitative estimate of drug-likeness (QED) is 0.887. The minimum Gasteiger partial charge on any atom is -0.384 e. The number of piperidine rings is 1. The Labute approximate surface area is 141 Å². The first-order valence-electron chi connectivity index (χ1n) is 8.29. The molecule has 7 nitrogen and oxygen atoms in total. The highest BCUT2D eigenvalue weighted by Crippen LogP contribution is 2.32. The summed E-state index contributed by atoms with van der Waals surface area (Å²) in [6.45, 7) is 1.65. The number of nitrogens with one attached hydrogen (secondary N) is 1. The molecular weight excluding hydrogens is 304 g/mol. The number of carbonyl (C=O) groups excluding carboxylic acids is 1. The second-order valence-electron chi connectivity index (χ2n) is 6.16. The van der Waals surface area contributed by atoms with E-state index in [1.807, 2.05) is 23.7 Å². The van der Waals surface area contributed by atoms with Gasteiger partial charge in [-0.3, -0.25) is 9.69 Å². The Kier molecular flexibility index (Phi) is 4.80. The highest BCUT2D eigenvalue weighted by molar-refractivity contribution is 5.92. The fourth-order valence-electron chi connectivity index (χ4n) is 3.41. The predicted molar refractivity (Wildman–Crippen MR) is 92.2 cm³/mol. The van der Waals surface area contributed by atoms with Crippen molar-refractivity contribution in [3.8, 4) is 0 Å². The first-order chi connectivity index (χ1) is 11.6. The summed E-state index contributed by atoms with van der Waals surface area (Å²) in [5.74, 6) is 1.17. The zero-order valence-electron chi connectivity index (χ0n) is 14.2. The molecule has 0 bridgehead atoms. The molecular formula is C17H24N6O. The molecule has 0 aliphatic carbocycles. The third kappa shape index (κ3) is 3.26. The maximum absolute atomic E-state index is 12.0. The Hall–Kier alpha value is -2.41. The van der Waals surface area contributed by atoms with E-state index < -0.39 is 0 Å². The molecule has 1 fully saturated rings. The second kappa shape index (κ2) is 7.00. The van der Waals surface area contributed by atoms with Gasteiger partial charge in [0.1, 0.15) is 17.3 Å². The molecule has 2 aromatic heterocycles. The molecule has 0 spiro atoms. The first-order valence-corrected chi connectivity index (χ1v) is 8.29. The van der Waals surface area contributed by atoms with E-state index in [4.69, 9.17) is 5.73 Å². The summed E-state index contributed by atoms with van der Waals surface area (Å²) in [6, 6.07) is 5.89. The van der Waals surface area contributed by atoms with E-state index in [1.54, 1.807) is 19.3 Å². The number of likely N-dealkylation sites (tertiary alicyclic amines) is 1. The van der Waals surface area contributed by atoms with E-state index in [9.17, 15) is 4.79 Å².